The van der Waals surface area contributed by atoms with Gasteiger partial charge in [0.05, 0.1) is 11.3 Å². The summed E-state index contributed by atoms with van der Waals surface area (Å²) in [7, 11) is 0. The summed E-state index contributed by atoms with van der Waals surface area (Å²) in [6.45, 7) is 0. The van der Waals surface area contributed by atoms with Crippen LogP contribution in [0.4, 0.5) is 10.1 Å². The van der Waals surface area contributed by atoms with Gasteiger partial charge in [-0.3, -0.25) is 14.9 Å². The molecule has 1 atom stereocenters. The molecule has 6 nitrogen and oxygen atoms in total. The van der Waals surface area contributed by atoms with Crippen LogP contribution in [0.2, 0.25) is 0 Å². The standard InChI is InChI=1S/C9H9FN2O4/c10-7-2-1-5(12(15)16)3-6(7)8(11)4-9(13)14/h1-3,8H,4,11H2,(H,13,14)/t8-/m0/s1. The molecule has 7 heteroatoms. The van der Waals surface area contributed by atoms with E-state index in [9.17, 15) is 19.3 Å². The molecule has 16 heavy (non-hydrogen) atoms. The van der Waals surface area contributed by atoms with Crippen molar-refractivity contribution in [3.05, 3.63) is 39.7 Å². The number of nitrogens with zero attached hydrogens (tertiary/aromatic N) is 1. The first-order chi connectivity index (χ1) is 7.41. The molecular weight excluding hydrogens is 219 g/mol. The first-order valence-electron chi connectivity index (χ1n) is 4.33. The minimum Gasteiger partial charge on any atom is -0.481 e. The van der Waals surface area contributed by atoms with E-state index in [0.29, 0.717) is 0 Å². The summed E-state index contributed by atoms with van der Waals surface area (Å²) < 4.78 is 13.2. The van der Waals surface area contributed by atoms with Crippen LogP contribution in [0.5, 0.6) is 0 Å². The van der Waals surface area contributed by atoms with Gasteiger partial charge in [-0.1, -0.05) is 0 Å². The zero-order chi connectivity index (χ0) is 12.3. The predicted molar refractivity (Wildman–Crippen MR) is 52.2 cm³/mol. The van der Waals surface area contributed by atoms with Gasteiger partial charge in [0.1, 0.15) is 5.82 Å². The first-order valence-corrected chi connectivity index (χ1v) is 4.33. The van der Waals surface area contributed by atoms with Crippen molar-refractivity contribution in [2.75, 3.05) is 0 Å². The Morgan fingerprint density at radius 2 is 2.25 bits per heavy atom. The van der Waals surface area contributed by atoms with E-state index in [1.165, 1.54) is 0 Å². The fourth-order valence-electron chi connectivity index (χ4n) is 1.23. The fraction of sp³-hybridized carbons (Fsp3) is 0.222. The maximum absolute atomic E-state index is 13.2. The van der Waals surface area contributed by atoms with E-state index in [2.05, 4.69) is 0 Å². The number of aliphatic carboxylic acids is 1. The Hall–Kier alpha value is -2.02. The van der Waals surface area contributed by atoms with Crippen LogP contribution >= 0.6 is 0 Å². The normalized spacial score (nSPS) is 12.1. The Kier molecular flexibility index (Phi) is 3.51. The number of hydrogen-bond donors (Lipinski definition) is 2. The van der Waals surface area contributed by atoms with Gasteiger partial charge in [-0.2, -0.15) is 0 Å². The van der Waals surface area contributed by atoms with Gasteiger partial charge in [0, 0.05) is 23.7 Å². The molecule has 1 aromatic rings. The van der Waals surface area contributed by atoms with Crippen LogP contribution in [0, 0.1) is 15.9 Å². The number of nitrogens with two attached hydrogens (primary N) is 1. The molecule has 0 heterocycles. The number of rotatable bonds is 4. The van der Waals surface area contributed by atoms with Crippen molar-refractivity contribution in [3.63, 3.8) is 0 Å². The van der Waals surface area contributed by atoms with Gasteiger partial charge in [-0.05, 0) is 6.07 Å². The quantitative estimate of drug-likeness (QED) is 0.595. The number of nitro benzene ring substituents is 1. The monoisotopic (exact) mass is 228 g/mol. The first kappa shape index (κ1) is 12.1. The minimum atomic E-state index is -1.20. The molecule has 0 radical (unpaired) electrons. The second-order valence-electron chi connectivity index (χ2n) is 3.17. The second kappa shape index (κ2) is 4.67. The molecule has 1 aromatic carbocycles. The summed E-state index contributed by atoms with van der Waals surface area (Å²) in [5.41, 5.74) is 4.93. The highest BCUT2D eigenvalue weighted by Crippen LogP contribution is 2.23. The number of hydrogen-bond acceptors (Lipinski definition) is 4. The summed E-state index contributed by atoms with van der Waals surface area (Å²) >= 11 is 0. The number of halogens is 1. The predicted octanol–water partition coefficient (Wildman–Crippen LogP) is 1.21. The van der Waals surface area contributed by atoms with Crippen LogP contribution in [-0.2, 0) is 4.79 Å². The molecule has 0 amide bonds. The van der Waals surface area contributed by atoms with Gasteiger partial charge in [0.2, 0.25) is 0 Å². The number of carboxylic acid groups (broad SMARTS) is 1. The van der Waals surface area contributed by atoms with Gasteiger partial charge in [0.15, 0.2) is 0 Å². The molecule has 0 aliphatic carbocycles. The Bertz CT molecular complexity index is 436. The number of non-ortho nitro benzene ring substituents is 1. The fourth-order valence-corrected chi connectivity index (χ4v) is 1.23. The Morgan fingerprint density at radius 1 is 1.62 bits per heavy atom. The Balaban J connectivity index is 3.06. The summed E-state index contributed by atoms with van der Waals surface area (Å²) in [5.74, 6) is -1.95. The lowest BCUT2D eigenvalue weighted by Crippen LogP contribution is -2.16. The minimum absolute atomic E-state index is 0.170. The molecule has 0 saturated heterocycles. The van der Waals surface area contributed by atoms with Gasteiger partial charge >= 0.3 is 5.97 Å². The van der Waals surface area contributed by atoms with E-state index in [-0.39, 0.29) is 11.3 Å². The van der Waals surface area contributed by atoms with Crippen LogP contribution in [0.3, 0.4) is 0 Å². The highest BCUT2D eigenvalue weighted by molar-refractivity contribution is 5.68. The van der Waals surface area contributed by atoms with Crippen LogP contribution in [-0.4, -0.2) is 16.0 Å². The third-order valence-electron chi connectivity index (χ3n) is 1.98. The molecule has 0 bridgehead atoms. The molecule has 0 fully saturated rings. The number of nitro groups is 1. The molecule has 3 N–H and O–H groups in total. The average Bonchev–Trinajstić information content (AvgIpc) is 2.16. The summed E-state index contributed by atoms with van der Waals surface area (Å²) in [6.07, 6.45) is -0.488. The molecule has 1 rings (SSSR count). The SMILES string of the molecule is N[C@@H](CC(=O)O)c1cc([N+](=O)[O-])ccc1F. The molecule has 0 aliphatic rings. The maximum atomic E-state index is 13.2. The molecule has 0 spiro atoms. The van der Waals surface area contributed by atoms with Crippen LogP contribution in [0.25, 0.3) is 0 Å². The molecular formula is C9H9FN2O4. The number of carbonyl (C=O) groups is 1. The van der Waals surface area contributed by atoms with Crippen molar-refractivity contribution >= 4 is 11.7 Å². The lowest BCUT2D eigenvalue weighted by Gasteiger charge is -2.09. The van der Waals surface area contributed by atoms with E-state index in [4.69, 9.17) is 10.8 Å². The van der Waals surface area contributed by atoms with Crippen molar-refractivity contribution in [2.24, 2.45) is 5.73 Å². The molecule has 0 saturated carbocycles. The van der Waals surface area contributed by atoms with Crippen molar-refractivity contribution in [3.8, 4) is 0 Å². The van der Waals surface area contributed by atoms with E-state index >= 15 is 0 Å². The number of benzene rings is 1. The lowest BCUT2D eigenvalue weighted by molar-refractivity contribution is -0.385. The van der Waals surface area contributed by atoms with Crippen molar-refractivity contribution < 1.29 is 19.2 Å². The van der Waals surface area contributed by atoms with E-state index < -0.39 is 29.2 Å². The van der Waals surface area contributed by atoms with Gasteiger partial charge in [0.25, 0.3) is 5.69 Å². The third kappa shape index (κ3) is 2.74. The average molecular weight is 228 g/mol. The van der Waals surface area contributed by atoms with Crippen LogP contribution in [0.15, 0.2) is 18.2 Å². The van der Waals surface area contributed by atoms with E-state index in [1.807, 2.05) is 0 Å². The lowest BCUT2D eigenvalue weighted by atomic mass is 10.0. The van der Waals surface area contributed by atoms with Gasteiger partial charge < -0.3 is 10.8 Å². The van der Waals surface area contributed by atoms with E-state index in [1.54, 1.807) is 0 Å². The van der Waals surface area contributed by atoms with Gasteiger partial charge in [-0.15, -0.1) is 0 Å². The highest BCUT2D eigenvalue weighted by atomic mass is 19.1. The largest absolute Gasteiger partial charge is 0.481 e. The third-order valence-corrected chi connectivity index (χ3v) is 1.98. The zero-order valence-corrected chi connectivity index (χ0v) is 8.09. The molecule has 0 aliphatic heterocycles. The van der Waals surface area contributed by atoms with Crippen molar-refractivity contribution in [2.45, 2.75) is 12.5 Å². The molecule has 0 unspecified atom stereocenters. The topological polar surface area (TPSA) is 106 Å². The summed E-state index contributed by atoms with van der Waals surface area (Å²) in [4.78, 5) is 20.1. The molecule has 0 aromatic heterocycles. The van der Waals surface area contributed by atoms with Crippen molar-refractivity contribution in [1.29, 1.82) is 0 Å². The number of carboxylic acids is 1. The Labute approximate surface area is 89.6 Å². The Morgan fingerprint density at radius 3 is 2.75 bits per heavy atom. The highest BCUT2D eigenvalue weighted by Gasteiger charge is 2.18. The maximum Gasteiger partial charge on any atom is 0.305 e. The van der Waals surface area contributed by atoms with Crippen molar-refractivity contribution in [1.82, 2.24) is 0 Å². The van der Waals surface area contributed by atoms with Crippen LogP contribution in [0.1, 0.15) is 18.0 Å². The smallest absolute Gasteiger partial charge is 0.305 e. The molecule has 86 valence electrons. The second-order valence-corrected chi connectivity index (χ2v) is 3.17. The summed E-state index contributed by atoms with van der Waals surface area (Å²) in [6, 6.07) is 1.74. The zero-order valence-electron chi connectivity index (χ0n) is 8.09. The van der Waals surface area contributed by atoms with E-state index in [0.717, 1.165) is 18.2 Å². The van der Waals surface area contributed by atoms with Crippen LogP contribution < -0.4 is 5.73 Å². The summed E-state index contributed by atoms with van der Waals surface area (Å²) in [5, 5.41) is 18.9. The van der Waals surface area contributed by atoms with Gasteiger partial charge in [-0.25, -0.2) is 4.39 Å².